The fraction of sp³-hybridized carbons (Fsp3) is 0.400. The van der Waals surface area contributed by atoms with E-state index in [9.17, 15) is 13.2 Å². The summed E-state index contributed by atoms with van der Waals surface area (Å²) >= 11 is 0. The SMILES string of the molecule is CCCN(CCC)S(=O)(=O)c1ccc(C(=O)Nc2nnc(-c3cc(C)n(C)n3)o2)cc1. The number of hydrogen-bond acceptors (Lipinski definition) is 7. The van der Waals surface area contributed by atoms with Crippen LogP contribution in [0, 0.1) is 6.92 Å². The molecule has 2 aromatic heterocycles. The number of nitrogens with zero attached hydrogens (tertiary/aromatic N) is 5. The maximum Gasteiger partial charge on any atom is 0.322 e. The van der Waals surface area contributed by atoms with Crippen LogP contribution in [0.1, 0.15) is 42.7 Å². The van der Waals surface area contributed by atoms with Gasteiger partial charge in [0, 0.05) is 31.4 Å². The molecule has 10 nitrogen and oxygen atoms in total. The summed E-state index contributed by atoms with van der Waals surface area (Å²) in [6.07, 6.45) is 1.45. The van der Waals surface area contributed by atoms with Crippen LogP contribution in [0.25, 0.3) is 11.6 Å². The Hall–Kier alpha value is -3.05. The van der Waals surface area contributed by atoms with Crippen LogP contribution in [0.3, 0.4) is 0 Å². The minimum Gasteiger partial charge on any atom is -0.401 e. The van der Waals surface area contributed by atoms with Crippen molar-refractivity contribution in [2.45, 2.75) is 38.5 Å². The highest BCUT2D eigenvalue weighted by Crippen LogP contribution is 2.21. The van der Waals surface area contributed by atoms with Crippen LogP contribution in [-0.2, 0) is 17.1 Å². The zero-order valence-corrected chi connectivity index (χ0v) is 18.8. The molecule has 0 fully saturated rings. The number of sulfonamides is 1. The van der Waals surface area contributed by atoms with E-state index >= 15 is 0 Å². The van der Waals surface area contributed by atoms with Gasteiger partial charge in [-0.3, -0.25) is 14.8 Å². The lowest BCUT2D eigenvalue weighted by atomic mass is 10.2. The van der Waals surface area contributed by atoms with Crippen LogP contribution in [0.2, 0.25) is 0 Å². The lowest BCUT2D eigenvalue weighted by Crippen LogP contribution is -2.32. The molecule has 1 aromatic carbocycles. The van der Waals surface area contributed by atoms with E-state index in [1.54, 1.807) is 17.8 Å². The molecule has 0 unspecified atom stereocenters. The third kappa shape index (κ3) is 5.00. The quantitative estimate of drug-likeness (QED) is 0.536. The molecular weight excluding hydrogens is 420 g/mol. The average Bonchev–Trinajstić information content (AvgIpc) is 3.34. The molecule has 0 bridgehead atoms. The van der Waals surface area contributed by atoms with Crippen molar-refractivity contribution < 1.29 is 17.6 Å². The number of carbonyl (C=O) groups is 1. The van der Waals surface area contributed by atoms with Crippen LogP contribution >= 0.6 is 0 Å². The first-order chi connectivity index (χ1) is 14.8. The highest BCUT2D eigenvalue weighted by Gasteiger charge is 2.23. The number of nitrogens with one attached hydrogen (secondary N) is 1. The molecule has 166 valence electrons. The van der Waals surface area contributed by atoms with Gasteiger partial charge in [-0.05, 0) is 50.1 Å². The van der Waals surface area contributed by atoms with E-state index in [-0.39, 0.29) is 22.4 Å². The number of amides is 1. The predicted octanol–water partition coefficient (Wildman–Crippen LogP) is 2.84. The summed E-state index contributed by atoms with van der Waals surface area (Å²) in [5.41, 5.74) is 1.70. The number of aryl methyl sites for hydroxylation is 2. The number of hydrogen-bond donors (Lipinski definition) is 1. The Morgan fingerprint density at radius 2 is 1.77 bits per heavy atom. The summed E-state index contributed by atoms with van der Waals surface area (Å²) < 4.78 is 34.3. The molecule has 0 aliphatic heterocycles. The maximum atomic E-state index is 12.8. The lowest BCUT2D eigenvalue weighted by molar-refractivity contribution is 0.102. The molecule has 0 saturated heterocycles. The van der Waals surface area contributed by atoms with Crippen LogP contribution in [-0.4, -0.2) is 51.7 Å². The van der Waals surface area contributed by atoms with Gasteiger partial charge in [-0.25, -0.2) is 8.42 Å². The first-order valence-electron chi connectivity index (χ1n) is 10.0. The Bertz CT molecular complexity index is 1130. The third-order valence-electron chi connectivity index (χ3n) is 4.68. The monoisotopic (exact) mass is 446 g/mol. The van der Waals surface area contributed by atoms with Crippen molar-refractivity contribution in [3.05, 3.63) is 41.6 Å². The van der Waals surface area contributed by atoms with E-state index in [2.05, 4.69) is 20.6 Å². The summed E-state index contributed by atoms with van der Waals surface area (Å²) in [5.74, 6) is -0.303. The number of anilines is 1. The van der Waals surface area contributed by atoms with Crippen molar-refractivity contribution in [1.29, 1.82) is 0 Å². The van der Waals surface area contributed by atoms with E-state index in [1.165, 1.54) is 28.6 Å². The van der Waals surface area contributed by atoms with Crippen molar-refractivity contribution in [3.63, 3.8) is 0 Å². The second-order valence-corrected chi connectivity index (χ2v) is 9.03. The zero-order valence-electron chi connectivity index (χ0n) is 18.0. The van der Waals surface area contributed by atoms with E-state index in [0.29, 0.717) is 18.8 Å². The van der Waals surface area contributed by atoms with Gasteiger partial charge >= 0.3 is 6.01 Å². The first-order valence-corrected chi connectivity index (χ1v) is 11.5. The predicted molar refractivity (Wildman–Crippen MR) is 115 cm³/mol. The molecule has 31 heavy (non-hydrogen) atoms. The average molecular weight is 447 g/mol. The van der Waals surface area contributed by atoms with E-state index in [1.807, 2.05) is 20.8 Å². The largest absolute Gasteiger partial charge is 0.401 e. The molecule has 3 aromatic rings. The van der Waals surface area contributed by atoms with Crippen molar-refractivity contribution in [1.82, 2.24) is 24.3 Å². The van der Waals surface area contributed by atoms with Crippen molar-refractivity contribution >= 4 is 21.9 Å². The standard InChI is InChI=1S/C20H26N6O4S/c1-5-11-26(12-6-2)31(28,29)16-9-7-15(8-10-16)18(27)21-20-23-22-19(30-20)17-13-14(3)25(4)24-17/h7-10,13H,5-6,11-12H2,1-4H3,(H,21,23,27). The highest BCUT2D eigenvalue weighted by molar-refractivity contribution is 7.89. The van der Waals surface area contributed by atoms with Crippen molar-refractivity contribution in [2.75, 3.05) is 18.4 Å². The molecule has 0 spiro atoms. The molecule has 0 saturated carbocycles. The topological polar surface area (TPSA) is 123 Å². The Labute approximate surface area is 181 Å². The van der Waals surface area contributed by atoms with Crippen LogP contribution in [0.5, 0.6) is 0 Å². The molecule has 0 atom stereocenters. The molecule has 1 N–H and O–H groups in total. The van der Waals surface area contributed by atoms with Gasteiger partial charge in [0.05, 0.1) is 4.90 Å². The van der Waals surface area contributed by atoms with Crippen LogP contribution in [0.4, 0.5) is 6.01 Å². The third-order valence-corrected chi connectivity index (χ3v) is 6.59. The Morgan fingerprint density at radius 1 is 1.13 bits per heavy atom. The van der Waals surface area contributed by atoms with Gasteiger partial charge in [0.25, 0.3) is 11.8 Å². The molecule has 0 radical (unpaired) electrons. The summed E-state index contributed by atoms with van der Waals surface area (Å²) in [5, 5.41) is 14.5. The van der Waals surface area contributed by atoms with Gasteiger partial charge in [0.2, 0.25) is 10.0 Å². The van der Waals surface area contributed by atoms with E-state index < -0.39 is 15.9 Å². The zero-order chi connectivity index (χ0) is 22.6. The summed E-state index contributed by atoms with van der Waals surface area (Å²) in [4.78, 5) is 12.6. The fourth-order valence-corrected chi connectivity index (χ4v) is 4.61. The van der Waals surface area contributed by atoms with Gasteiger partial charge < -0.3 is 4.42 Å². The number of carbonyl (C=O) groups excluding carboxylic acids is 1. The van der Waals surface area contributed by atoms with Gasteiger partial charge in [0.15, 0.2) is 0 Å². The van der Waals surface area contributed by atoms with Crippen molar-refractivity contribution in [3.8, 4) is 11.6 Å². The molecular formula is C20H26N6O4S. The highest BCUT2D eigenvalue weighted by atomic mass is 32.2. The minimum atomic E-state index is -3.60. The molecule has 2 heterocycles. The second kappa shape index (κ2) is 9.40. The smallest absolute Gasteiger partial charge is 0.322 e. The second-order valence-electron chi connectivity index (χ2n) is 7.09. The fourth-order valence-electron chi connectivity index (χ4n) is 2.99. The maximum absolute atomic E-state index is 12.8. The van der Waals surface area contributed by atoms with Gasteiger partial charge in [-0.1, -0.05) is 18.9 Å². The molecule has 11 heteroatoms. The molecule has 3 rings (SSSR count). The van der Waals surface area contributed by atoms with Gasteiger partial charge in [-0.15, -0.1) is 5.10 Å². The summed E-state index contributed by atoms with van der Waals surface area (Å²) in [6.45, 7) is 6.66. The normalized spacial score (nSPS) is 11.8. The Morgan fingerprint density at radius 3 is 2.32 bits per heavy atom. The van der Waals surface area contributed by atoms with Gasteiger partial charge in [-0.2, -0.15) is 9.40 Å². The number of benzene rings is 1. The lowest BCUT2D eigenvalue weighted by Gasteiger charge is -2.21. The molecule has 0 aliphatic carbocycles. The van der Waals surface area contributed by atoms with Crippen molar-refractivity contribution in [2.24, 2.45) is 7.05 Å². The van der Waals surface area contributed by atoms with E-state index in [4.69, 9.17) is 4.42 Å². The first kappa shape index (κ1) is 22.6. The Kier molecular flexibility index (Phi) is 6.86. The van der Waals surface area contributed by atoms with E-state index in [0.717, 1.165) is 18.5 Å². The number of aromatic nitrogens is 4. The molecule has 1 amide bonds. The van der Waals surface area contributed by atoms with Crippen LogP contribution < -0.4 is 5.32 Å². The number of rotatable bonds is 9. The minimum absolute atomic E-state index is 0.0722. The molecule has 0 aliphatic rings. The van der Waals surface area contributed by atoms with Crippen LogP contribution in [0.15, 0.2) is 39.6 Å². The summed E-state index contributed by atoms with van der Waals surface area (Å²) in [6, 6.07) is 7.49. The Balaban J connectivity index is 1.72. The summed E-state index contributed by atoms with van der Waals surface area (Å²) in [7, 11) is -1.81. The van der Waals surface area contributed by atoms with Gasteiger partial charge in [0.1, 0.15) is 5.69 Å².